The van der Waals surface area contributed by atoms with Gasteiger partial charge in [0.15, 0.2) is 0 Å². The van der Waals surface area contributed by atoms with E-state index in [-0.39, 0.29) is 0 Å². The molecule has 42 heavy (non-hydrogen) atoms. The minimum Gasteiger partial charge on any atom is -0.349 e. The maximum atomic E-state index is 2.56. The quantitative estimate of drug-likeness (QED) is 0.191. The van der Waals surface area contributed by atoms with Gasteiger partial charge >= 0.3 is 0 Å². The number of benzene rings is 6. The second-order valence-electron chi connectivity index (χ2n) is 12.0. The summed E-state index contributed by atoms with van der Waals surface area (Å²) in [5.41, 5.74) is 10.7. The Morgan fingerprint density at radius 1 is 0.333 bits per heavy atom. The molecule has 6 aromatic rings. The fourth-order valence-electron chi connectivity index (χ4n) is 7.45. The first-order valence-electron chi connectivity index (χ1n) is 15.0. The summed E-state index contributed by atoms with van der Waals surface area (Å²) < 4.78 is 0. The van der Waals surface area contributed by atoms with E-state index in [1.165, 1.54) is 66.5 Å². The third-order valence-electron chi connectivity index (χ3n) is 9.24. The largest absolute Gasteiger partial charge is 0.349 e. The predicted molar refractivity (Wildman–Crippen MR) is 175 cm³/mol. The standard InChI is InChI=1S/C38H32N4/c1-7-27-19-28(8-1)22-40-26-42(36-18-6-14-32-12-4-16-34(40)38(32)36)24-30-10-2-9-29(20-30)23-41-25-39(21-27)33-15-3-11-31-13-5-17-35(41)37(31)33/h1-20H,21-26H2. The highest BCUT2D eigenvalue weighted by atomic mass is 15.3. The van der Waals surface area contributed by atoms with Crippen molar-refractivity contribution in [2.75, 3.05) is 32.9 Å². The summed E-state index contributed by atoms with van der Waals surface area (Å²) in [6.07, 6.45) is 0. The molecule has 0 saturated carbocycles. The summed E-state index contributed by atoms with van der Waals surface area (Å²) in [6, 6.07) is 45.5. The SMILES string of the molecule is c1cc2cc(c1)CN1CN(Cc3cccc(c3)CN3CN(C2)c2cccc4cccc3c24)c2cccc3cccc1c23. The molecule has 4 nitrogen and oxygen atoms in total. The van der Waals surface area contributed by atoms with Crippen LogP contribution in [0.1, 0.15) is 22.3 Å². The molecule has 0 spiro atoms. The molecule has 0 N–H and O–H groups in total. The van der Waals surface area contributed by atoms with E-state index in [0.717, 1.165) is 39.5 Å². The second-order valence-corrected chi connectivity index (χ2v) is 12.0. The smallest absolute Gasteiger partial charge is 0.0910 e. The van der Waals surface area contributed by atoms with Crippen LogP contribution in [0.25, 0.3) is 21.5 Å². The first kappa shape index (κ1) is 23.7. The summed E-state index contributed by atoms with van der Waals surface area (Å²) >= 11 is 0. The Morgan fingerprint density at radius 2 is 0.619 bits per heavy atom. The molecule has 3 aliphatic rings. The Kier molecular flexibility index (Phi) is 5.24. The van der Waals surface area contributed by atoms with Crippen LogP contribution in [0.15, 0.2) is 121 Å². The van der Waals surface area contributed by atoms with E-state index in [1.807, 2.05) is 0 Å². The molecule has 4 heteroatoms. The molecule has 0 fully saturated rings. The van der Waals surface area contributed by atoms with Crippen LogP contribution in [0.3, 0.4) is 0 Å². The molecule has 0 unspecified atom stereocenters. The third kappa shape index (κ3) is 3.82. The van der Waals surface area contributed by atoms with Gasteiger partial charge in [0.2, 0.25) is 0 Å². The van der Waals surface area contributed by atoms with Gasteiger partial charge in [-0.15, -0.1) is 0 Å². The third-order valence-corrected chi connectivity index (χ3v) is 9.24. The van der Waals surface area contributed by atoms with E-state index in [9.17, 15) is 0 Å². The monoisotopic (exact) mass is 544 g/mol. The van der Waals surface area contributed by atoms with Crippen molar-refractivity contribution in [1.29, 1.82) is 0 Å². The molecule has 0 atom stereocenters. The zero-order valence-electron chi connectivity index (χ0n) is 23.6. The van der Waals surface area contributed by atoms with Crippen LogP contribution in [-0.2, 0) is 26.2 Å². The number of nitrogens with zero attached hydrogens (tertiary/aromatic N) is 4. The summed E-state index contributed by atoms with van der Waals surface area (Å²) in [4.78, 5) is 10.2. The van der Waals surface area contributed by atoms with Crippen molar-refractivity contribution in [2.24, 2.45) is 0 Å². The summed E-state index contributed by atoms with van der Waals surface area (Å²) in [6.45, 7) is 5.23. The molecule has 9 rings (SSSR count). The molecule has 0 radical (unpaired) electrons. The molecule has 3 aliphatic heterocycles. The van der Waals surface area contributed by atoms with Gasteiger partial charge in [-0.25, -0.2) is 0 Å². The summed E-state index contributed by atoms with van der Waals surface area (Å²) in [5, 5.41) is 5.32. The molecule has 0 amide bonds. The van der Waals surface area contributed by atoms with Crippen LogP contribution >= 0.6 is 0 Å². The van der Waals surface area contributed by atoms with Gasteiger partial charge in [-0.05, 0) is 57.3 Å². The Balaban J connectivity index is 1.22. The maximum Gasteiger partial charge on any atom is 0.0910 e. The van der Waals surface area contributed by atoms with Crippen LogP contribution in [-0.4, -0.2) is 13.3 Å². The van der Waals surface area contributed by atoms with Crippen molar-refractivity contribution in [3.8, 4) is 0 Å². The van der Waals surface area contributed by atoms with Gasteiger partial charge in [-0.2, -0.15) is 0 Å². The molecule has 0 saturated heterocycles. The molecule has 8 bridgehead atoms. The van der Waals surface area contributed by atoms with E-state index in [2.05, 4.69) is 141 Å². The van der Waals surface area contributed by atoms with Crippen LogP contribution in [0.4, 0.5) is 22.7 Å². The van der Waals surface area contributed by atoms with Crippen molar-refractivity contribution >= 4 is 44.3 Å². The van der Waals surface area contributed by atoms with Crippen LogP contribution < -0.4 is 19.6 Å². The van der Waals surface area contributed by atoms with Crippen LogP contribution in [0.5, 0.6) is 0 Å². The summed E-state index contributed by atoms with van der Waals surface area (Å²) in [5.74, 6) is 0. The van der Waals surface area contributed by atoms with Crippen LogP contribution in [0, 0.1) is 0 Å². The Hall–Kier alpha value is -4.96. The Morgan fingerprint density at radius 3 is 0.929 bits per heavy atom. The number of rotatable bonds is 0. The lowest BCUT2D eigenvalue weighted by molar-refractivity contribution is 0.700. The average molecular weight is 545 g/mol. The molecular formula is C38H32N4. The fourth-order valence-corrected chi connectivity index (χ4v) is 7.45. The van der Waals surface area contributed by atoms with Crippen molar-refractivity contribution in [2.45, 2.75) is 26.2 Å². The number of fused-ring (bicyclic) bond motifs is 12. The summed E-state index contributed by atoms with van der Waals surface area (Å²) in [7, 11) is 0. The lowest BCUT2D eigenvalue weighted by Gasteiger charge is -2.41. The van der Waals surface area contributed by atoms with E-state index in [0.29, 0.717) is 0 Å². The van der Waals surface area contributed by atoms with Crippen molar-refractivity contribution in [3.63, 3.8) is 0 Å². The highest BCUT2D eigenvalue weighted by molar-refractivity contribution is 6.06. The van der Waals surface area contributed by atoms with Gasteiger partial charge in [0.05, 0.1) is 13.3 Å². The van der Waals surface area contributed by atoms with E-state index >= 15 is 0 Å². The highest BCUT2D eigenvalue weighted by Gasteiger charge is 2.27. The topological polar surface area (TPSA) is 13.0 Å². The second kappa shape index (κ2) is 9.28. The fraction of sp³-hybridized carbons (Fsp3) is 0.158. The molecule has 6 aromatic carbocycles. The average Bonchev–Trinajstić information content (AvgIpc) is 3.02. The number of hydrogen-bond acceptors (Lipinski definition) is 4. The molecule has 0 aliphatic carbocycles. The minimum atomic E-state index is 0.859. The first-order valence-corrected chi connectivity index (χ1v) is 15.0. The van der Waals surface area contributed by atoms with Gasteiger partial charge in [0.25, 0.3) is 0 Å². The van der Waals surface area contributed by atoms with Crippen molar-refractivity contribution < 1.29 is 0 Å². The molecule has 0 aromatic heterocycles. The number of hydrogen-bond donors (Lipinski definition) is 0. The maximum absolute atomic E-state index is 2.56. The van der Waals surface area contributed by atoms with E-state index in [4.69, 9.17) is 0 Å². The van der Waals surface area contributed by atoms with Gasteiger partial charge in [0.1, 0.15) is 0 Å². The first-order chi connectivity index (χ1) is 20.8. The zero-order valence-corrected chi connectivity index (χ0v) is 23.6. The molecular weight excluding hydrogens is 512 g/mol. The van der Waals surface area contributed by atoms with Gasteiger partial charge < -0.3 is 19.6 Å². The lowest BCUT2D eigenvalue weighted by atomic mass is 10.00. The van der Waals surface area contributed by atoms with E-state index < -0.39 is 0 Å². The Labute approximate surface area is 246 Å². The lowest BCUT2D eigenvalue weighted by Crippen LogP contribution is -2.41. The van der Waals surface area contributed by atoms with Gasteiger partial charge in [-0.1, -0.05) is 97.1 Å². The van der Waals surface area contributed by atoms with E-state index in [1.54, 1.807) is 0 Å². The molecule has 204 valence electrons. The predicted octanol–water partition coefficient (Wildman–Crippen LogP) is 8.28. The van der Waals surface area contributed by atoms with Crippen molar-refractivity contribution in [1.82, 2.24) is 0 Å². The minimum absolute atomic E-state index is 0.859. The van der Waals surface area contributed by atoms with Gasteiger partial charge in [-0.3, -0.25) is 0 Å². The number of anilines is 4. The molecule has 3 heterocycles. The van der Waals surface area contributed by atoms with Crippen LogP contribution in [0.2, 0.25) is 0 Å². The zero-order chi connectivity index (χ0) is 27.6. The van der Waals surface area contributed by atoms with Crippen molar-refractivity contribution in [3.05, 3.63) is 144 Å². The Bertz CT molecular complexity index is 1730. The van der Waals surface area contributed by atoms with Gasteiger partial charge in [0, 0.05) is 59.7 Å². The normalized spacial score (nSPS) is 15.8. The highest BCUT2D eigenvalue weighted by Crippen LogP contribution is 2.42.